The number of carbonyl (C=O) groups excluding carboxylic acids is 1. The lowest BCUT2D eigenvalue weighted by atomic mass is 9.93. The van der Waals surface area contributed by atoms with Gasteiger partial charge < -0.3 is 5.32 Å². The molecule has 0 spiro atoms. The summed E-state index contributed by atoms with van der Waals surface area (Å²) < 4.78 is 1.83. The number of pyridine rings is 1. The molecule has 0 fully saturated rings. The van der Waals surface area contributed by atoms with E-state index in [2.05, 4.69) is 46.5 Å². The molecular formula is C20H22N4O. The van der Waals surface area contributed by atoms with E-state index in [1.54, 1.807) is 0 Å². The summed E-state index contributed by atoms with van der Waals surface area (Å²) in [6.45, 7) is 4.31. The molecule has 25 heavy (non-hydrogen) atoms. The van der Waals surface area contributed by atoms with E-state index in [-0.39, 0.29) is 11.9 Å². The van der Waals surface area contributed by atoms with Crippen molar-refractivity contribution in [3.63, 3.8) is 0 Å². The number of amides is 1. The minimum Gasteiger partial charge on any atom is -0.351 e. The Hall–Kier alpha value is -2.66. The fourth-order valence-electron chi connectivity index (χ4n) is 3.59. The summed E-state index contributed by atoms with van der Waals surface area (Å²) in [6.07, 6.45) is 4.51. The standard InChI is InChI=1S/C20H22N4O/c1-2-23-14-16-8-4-3-7-15(16)11-19(23)20(25)21-12-17-13-22-24-10-6-5-9-18(17)24/h3-10,13,19H,2,11-12,14H2,1H3,(H,21,25). The van der Waals surface area contributed by atoms with Crippen LogP contribution in [0.15, 0.2) is 54.9 Å². The molecule has 128 valence electrons. The molecule has 0 saturated carbocycles. The van der Waals surface area contributed by atoms with Crippen molar-refractivity contribution in [3.8, 4) is 0 Å². The van der Waals surface area contributed by atoms with Gasteiger partial charge in [-0.1, -0.05) is 37.3 Å². The zero-order valence-corrected chi connectivity index (χ0v) is 14.4. The van der Waals surface area contributed by atoms with Crippen LogP contribution < -0.4 is 5.32 Å². The van der Waals surface area contributed by atoms with E-state index in [4.69, 9.17) is 0 Å². The Morgan fingerprint density at radius 2 is 2.00 bits per heavy atom. The van der Waals surface area contributed by atoms with Crippen LogP contribution >= 0.6 is 0 Å². The van der Waals surface area contributed by atoms with Gasteiger partial charge >= 0.3 is 0 Å². The molecule has 1 unspecified atom stereocenters. The summed E-state index contributed by atoms with van der Waals surface area (Å²) in [6, 6.07) is 14.2. The van der Waals surface area contributed by atoms with Gasteiger partial charge in [-0.25, -0.2) is 4.52 Å². The average molecular weight is 334 g/mol. The number of nitrogens with one attached hydrogen (secondary N) is 1. The van der Waals surface area contributed by atoms with E-state index in [0.717, 1.165) is 30.6 Å². The lowest BCUT2D eigenvalue weighted by Crippen LogP contribution is -2.49. The average Bonchev–Trinajstić information content (AvgIpc) is 3.08. The van der Waals surface area contributed by atoms with Crippen LogP contribution in [0.5, 0.6) is 0 Å². The number of benzene rings is 1. The minimum atomic E-state index is -0.110. The van der Waals surface area contributed by atoms with Crippen molar-refractivity contribution in [2.24, 2.45) is 0 Å². The summed E-state index contributed by atoms with van der Waals surface area (Å²) in [5.41, 5.74) is 4.68. The highest BCUT2D eigenvalue weighted by atomic mass is 16.2. The summed E-state index contributed by atoms with van der Waals surface area (Å²) in [5, 5.41) is 7.43. The van der Waals surface area contributed by atoms with Crippen LogP contribution in [0.3, 0.4) is 0 Å². The van der Waals surface area contributed by atoms with Crippen LogP contribution in [-0.4, -0.2) is 33.0 Å². The van der Waals surface area contributed by atoms with E-state index in [9.17, 15) is 4.79 Å². The van der Waals surface area contributed by atoms with Gasteiger partial charge in [0.2, 0.25) is 5.91 Å². The second kappa shape index (κ2) is 6.69. The normalized spacial score (nSPS) is 17.4. The van der Waals surface area contributed by atoms with E-state index in [0.29, 0.717) is 6.54 Å². The van der Waals surface area contributed by atoms with Gasteiger partial charge in [0.1, 0.15) is 0 Å². The van der Waals surface area contributed by atoms with Crippen molar-refractivity contribution in [1.82, 2.24) is 19.8 Å². The van der Waals surface area contributed by atoms with Gasteiger partial charge in [-0.3, -0.25) is 9.69 Å². The number of nitrogens with zero attached hydrogens (tertiary/aromatic N) is 3. The lowest BCUT2D eigenvalue weighted by Gasteiger charge is -2.35. The van der Waals surface area contributed by atoms with Crippen LogP contribution in [0.2, 0.25) is 0 Å². The maximum atomic E-state index is 12.8. The van der Waals surface area contributed by atoms with Gasteiger partial charge in [0.25, 0.3) is 0 Å². The molecule has 5 nitrogen and oxygen atoms in total. The first kappa shape index (κ1) is 15.8. The van der Waals surface area contributed by atoms with Crippen LogP contribution in [-0.2, 0) is 24.3 Å². The van der Waals surface area contributed by atoms with E-state index in [1.807, 2.05) is 35.1 Å². The first-order chi connectivity index (χ1) is 12.3. The largest absolute Gasteiger partial charge is 0.351 e. The molecule has 1 atom stereocenters. The molecule has 0 aliphatic carbocycles. The van der Waals surface area contributed by atoms with Crippen LogP contribution in [0.1, 0.15) is 23.6 Å². The van der Waals surface area contributed by atoms with Crippen LogP contribution in [0.4, 0.5) is 0 Å². The van der Waals surface area contributed by atoms with Crippen molar-refractivity contribution in [1.29, 1.82) is 0 Å². The Bertz CT molecular complexity index is 901. The third-order valence-corrected chi connectivity index (χ3v) is 5.01. The maximum Gasteiger partial charge on any atom is 0.237 e. The first-order valence-electron chi connectivity index (χ1n) is 8.76. The Morgan fingerprint density at radius 1 is 1.20 bits per heavy atom. The smallest absolute Gasteiger partial charge is 0.237 e. The monoisotopic (exact) mass is 334 g/mol. The number of rotatable bonds is 4. The predicted molar refractivity (Wildman–Crippen MR) is 97.1 cm³/mol. The molecular weight excluding hydrogens is 312 g/mol. The van der Waals surface area contributed by atoms with Gasteiger partial charge in [-0.15, -0.1) is 0 Å². The van der Waals surface area contributed by atoms with Crippen molar-refractivity contribution in [2.45, 2.75) is 32.5 Å². The summed E-state index contributed by atoms with van der Waals surface area (Å²) in [5.74, 6) is 0.0895. The number of hydrogen-bond acceptors (Lipinski definition) is 3. The third-order valence-electron chi connectivity index (χ3n) is 5.01. The molecule has 1 N–H and O–H groups in total. The highest BCUT2D eigenvalue weighted by molar-refractivity contribution is 5.82. The summed E-state index contributed by atoms with van der Waals surface area (Å²) >= 11 is 0. The molecule has 1 amide bonds. The van der Waals surface area contributed by atoms with Crippen LogP contribution in [0, 0.1) is 0 Å². The van der Waals surface area contributed by atoms with E-state index >= 15 is 0 Å². The Morgan fingerprint density at radius 3 is 2.84 bits per heavy atom. The summed E-state index contributed by atoms with van der Waals surface area (Å²) in [4.78, 5) is 15.1. The highest BCUT2D eigenvalue weighted by Crippen LogP contribution is 2.23. The number of likely N-dealkylation sites (N-methyl/N-ethyl adjacent to an activating group) is 1. The van der Waals surface area contributed by atoms with Crippen molar-refractivity contribution in [3.05, 3.63) is 71.5 Å². The molecule has 0 bridgehead atoms. The highest BCUT2D eigenvalue weighted by Gasteiger charge is 2.30. The number of fused-ring (bicyclic) bond motifs is 2. The quantitative estimate of drug-likeness (QED) is 0.797. The van der Waals surface area contributed by atoms with Gasteiger partial charge in [0.15, 0.2) is 0 Å². The molecule has 1 aliphatic heterocycles. The predicted octanol–water partition coefficient (Wildman–Crippen LogP) is 2.40. The maximum absolute atomic E-state index is 12.8. The molecule has 5 heteroatoms. The van der Waals surface area contributed by atoms with Gasteiger partial charge in [0, 0.05) is 24.8 Å². The van der Waals surface area contributed by atoms with Crippen molar-refractivity contribution < 1.29 is 4.79 Å². The topological polar surface area (TPSA) is 49.6 Å². The molecule has 3 heterocycles. The van der Waals surface area contributed by atoms with E-state index in [1.165, 1.54) is 11.1 Å². The zero-order valence-electron chi connectivity index (χ0n) is 14.4. The third kappa shape index (κ3) is 3.03. The fraction of sp³-hybridized carbons (Fsp3) is 0.300. The molecule has 1 aliphatic rings. The SMILES string of the molecule is CCN1Cc2ccccc2CC1C(=O)NCc1cnn2ccccc12. The van der Waals surface area contributed by atoms with Crippen molar-refractivity contribution >= 4 is 11.4 Å². The van der Waals surface area contributed by atoms with Crippen LogP contribution in [0.25, 0.3) is 5.52 Å². The second-order valence-electron chi connectivity index (χ2n) is 6.47. The van der Waals surface area contributed by atoms with Gasteiger partial charge in [0.05, 0.1) is 17.8 Å². The number of aromatic nitrogens is 2. The molecule has 2 aromatic heterocycles. The van der Waals surface area contributed by atoms with E-state index < -0.39 is 0 Å². The molecule has 0 saturated heterocycles. The molecule has 0 radical (unpaired) electrons. The number of hydrogen-bond donors (Lipinski definition) is 1. The lowest BCUT2D eigenvalue weighted by molar-refractivity contribution is -0.127. The van der Waals surface area contributed by atoms with Gasteiger partial charge in [-0.05, 0) is 36.2 Å². The first-order valence-corrected chi connectivity index (χ1v) is 8.76. The second-order valence-corrected chi connectivity index (χ2v) is 6.47. The Kier molecular flexibility index (Phi) is 4.24. The van der Waals surface area contributed by atoms with Gasteiger partial charge in [-0.2, -0.15) is 5.10 Å². The Balaban J connectivity index is 1.49. The minimum absolute atomic E-state index is 0.0895. The molecule has 1 aromatic carbocycles. The molecule has 3 aromatic rings. The summed E-state index contributed by atoms with van der Waals surface area (Å²) in [7, 11) is 0. The Labute approximate surface area is 147 Å². The zero-order chi connectivity index (χ0) is 17.2. The molecule has 4 rings (SSSR count). The fourth-order valence-corrected chi connectivity index (χ4v) is 3.59. The number of carbonyl (C=O) groups is 1. The van der Waals surface area contributed by atoms with Crippen molar-refractivity contribution in [2.75, 3.05) is 6.54 Å².